The van der Waals surface area contributed by atoms with E-state index in [-0.39, 0.29) is 6.10 Å². The third-order valence-electron chi connectivity index (χ3n) is 6.67. The van der Waals surface area contributed by atoms with E-state index in [4.69, 9.17) is 15.7 Å². The van der Waals surface area contributed by atoms with E-state index in [0.29, 0.717) is 6.04 Å². The quantitative estimate of drug-likeness (QED) is 0.612. The summed E-state index contributed by atoms with van der Waals surface area (Å²) in [6, 6.07) is 15.0. The Hall–Kier alpha value is -2.59. The van der Waals surface area contributed by atoms with Gasteiger partial charge in [-0.05, 0) is 55.2 Å². The SMILES string of the molecule is C[C@@H]1CN(c2csc3cc(C#N)ccc23)CCN1CC[C@@H]1OCCc2cc(N)ccc21. The summed E-state index contributed by atoms with van der Waals surface area (Å²) in [5, 5.41) is 12.7. The van der Waals surface area contributed by atoms with Crippen LogP contribution in [0.25, 0.3) is 10.1 Å². The number of rotatable bonds is 4. The second-order valence-corrected chi connectivity index (χ2v) is 9.54. The first-order valence-corrected chi connectivity index (χ1v) is 11.9. The molecule has 2 N–H and O–H groups in total. The number of nitrogen functional groups attached to an aromatic ring is 1. The Bertz CT molecular complexity index is 1130. The van der Waals surface area contributed by atoms with Crippen molar-refractivity contribution in [3.05, 3.63) is 58.5 Å². The molecule has 0 aliphatic carbocycles. The van der Waals surface area contributed by atoms with Crippen LogP contribution in [0.4, 0.5) is 11.4 Å². The van der Waals surface area contributed by atoms with Crippen LogP contribution in [0.15, 0.2) is 41.8 Å². The molecule has 5 nitrogen and oxygen atoms in total. The van der Waals surface area contributed by atoms with E-state index in [1.807, 2.05) is 18.2 Å². The monoisotopic (exact) mass is 432 g/mol. The van der Waals surface area contributed by atoms with Crippen molar-refractivity contribution in [2.45, 2.75) is 31.9 Å². The molecule has 160 valence electrons. The molecule has 1 aromatic heterocycles. The van der Waals surface area contributed by atoms with Gasteiger partial charge in [0, 0.05) is 53.4 Å². The number of nitrogens with zero attached hydrogens (tertiary/aromatic N) is 3. The first-order valence-electron chi connectivity index (χ1n) is 11.0. The molecule has 6 heteroatoms. The molecule has 2 aromatic carbocycles. The molecule has 0 spiro atoms. The largest absolute Gasteiger partial charge is 0.399 e. The Morgan fingerprint density at radius 2 is 2.13 bits per heavy atom. The zero-order valence-electron chi connectivity index (χ0n) is 17.9. The third-order valence-corrected chi connectivity index (χ3v) is 7.61. The zero-order valence-corrected chi connectivity index (χ0v) is 18.7. The molecular weight excluding hydrogens is 404 g/mol. The highest BCUT2D eigenvalue weighted by atomic mass is 32.1. The molecular formula is C25H28N4OS. The Balaban J connectivity index is 1.23. The smallest absolute Gasteiger partial charge is 0.0992 e. The predicted molar refractivity (Wildman–Crippen MR) is 128 cm³/mol. The number of hydrogen-bond donors (Lipinski definition) is 1. The minimum Gasteiger partial charge on any atom is -0.399 e. The lowest BCUT2D eigenvalue weighted by Gasteiger charge is -2.41. The fraction of sp³-hybridized carbons (Fsp3) is 0.400. The summed E-state index contributed by atoms with van der Waals surface area (Å²) < 4.78 is 7.31. The Morgan fingerprint density at radius 3 is 2.97 bits per heavy atom. The average molecular weight is 433 g/mol. The van der Waals surface area contributed by atoms with Crippen molar-refractivity contribution in [1.29, 1.82) is 5.26 Å². The van der Waals surface area contributed by atoms with Crippen molar-refractivity contribution < 1.29 is 4.74 Å². The molecule has 0 unspecified atom stereocenters. The number of nitrogens with two attached hydrogens (primary N) is 1. The van der Waals surface area contributed by atoms with Gasteiger partial charge in [-0.15, -0.1) is 11.3 Å². The van der Waals surface area contributed by atoms with Crippen molar-refractivity contribution in [2.24, 2.45) is 0 Å². The fourth-order valence-corrected chi connectivity index (χ4v) is 5.96. The van der Waals surface area contributed by atoms with Crippen LogP contribution in [-0.4, -0.2) is 43.7 Å². The van der Waals surface area contributed by atoms with Crippen molar-refractivity contribution >= 4 is 32.8 Å². The lowest BCUT2D eigenvalue weighted by Crippen LogP contribution is -2.52. The number of fused-ring (bicyclic) bond motifs is 2. The maximum atomic E-state index is 9.15. The lowest BCUT2D eigenvalue weighted by molar-refractivity contribution is 0.0255. The molecule has 3 heterocycles. The van der Waals surface area contributed by atoms with Crippen LogP contribution in [0.1, 0.15) is 36.1 Å². The Labute approximate surface area is 187 Å². The van der Waals surface area contributed by atoms with Crippen molar-refractivity contribution in [2.75, 3.05) is 43.4 Å². The van der Waals surface area contributed by atoms with E-state index in [1.54, 1.807) is 11.3 Å². The molecule has 2 aliphatic heterocycles. The van der Waals surface area contributed by atoms with Crippen LogP contribution in [-0.2, 0) is 11.2 Å². The second-order valence-electron chi connectivity index (χ2n) is 8.63. The molecule has 0 amide bonds. The van der Waals surface area contributed by atoms with Gasteiger partial charge in [-0.1, -0.05) is 12.1 Å². The van der Waals surface area contributed by atoms with Gasteiger partial charge >= 0.3 is 0 Å². The van der Waals surface area contributed by atoms with E-state index in [9.17, 15) is 0 Å². The van der Waals surface area contributed by atoms with Crippen molar-refractivity contribution in [3.8, 4) is 6.07 Å². The molecule has 3 aromatic rings. The molecule has 0 saturated carbocycles. The number of nitriles is 1. The second kappa shape index (κ2) is 8.51. The van der Waals surface area contributed by atoms with Gasteiger partial charge in [0.15, 0.2) is 0 Å². The number of benzene rings is 2. The van der Waals surface area contributed by atoms with E-state index in [2.05, 4.69) is 46.4 Å². The Kier molecular flexibility index (Phi) is 5.58. The fourth-order valence-electron chi connectivity index (χ4n) is 4.95. The number of piperazine rings is 1. The molecule has 0 bridgehead atoms. The lowest BCUT2D eigenvalue weighted by atomic mass is 9.95. The highest BCUT2D eigenvalue weighted by molar-refractivity contribution is 7.17. The number of thiophene rings is 1. The van der Waals surface area contributed by atoms with E-state index in [1.165, 1.54) is 26.9 Å². The summed E-state index contributed by atoms with van der Waals surface area (Å²) >= 11 is 1.73. The third kappa shape index (κ3) is 4.01. The maximum absolute atomic E-state index is 9.15. The topological polar surface area (TPSA) is 65.5 Å². The van der Waals surface area contributed by atoms with Gasteiger partial charge in [0.25, 0.3) is 0 Å². The number of hydrogen-bond acceptors (Lipinski definition) is 6. The molecule has 2 atom stereocenters. The summed E-state index contributed by atoms with van der Waals surface area (Å²) in [6.07, 6.45) is 2.14. The van der Waals surface area contributed by atoms with Crippen LogP contribution >= 0.6 is 11.3 Å². The molecule has 2 aliphatic rings. The highest BCUT2D eigenvalue weighted by Gasteiger charge is 2.27. The highest BCUT2D eigenvalue weighted by Crippen LogP contribution is 2.35. The van der Waals surface area contributed by atoms with Gasteiger partial charge in [-0.25, -0.2) is 0 Å². The first-order chi connectivity index (χ1) is 15.1. The molecule has 5 rings (SSSR count). The van der Waals surface area contributed by atoms with E-state index < -0.39 is 0 Å². The van der Waals surface area contributed by atoms with Gasteiger partial charge in [0.2, 0.25) is 0 Å². The van der Waals surface area contributed by atoms with Crippen LogP contribution in [0.3, 0.4) is 0 Å². The zero-order chi connectivity index (χ0) is 21.4. The molecule has 1 saturated heterocycles. The van der Waals surface area contributed by atoms with Crippen molar-refractivity contribution in [3.63, 3.8) is 0 Å². The van der Waals surface area contributed by atoms with Crippen LogP contribution in [0, 0.1) is 11.3 Å². The van der Waals surface area contributed by atoms with E-state index in [0.717, 1.165) is 56.9 Å². The van der Waals surface area contributed by atoms with Gasteiger partial charge < -0.3 is 15.4 Å². The van der Waals surface area contributed by atoms with Gasteiger partial charge in [-0.2, -0.15) is 5.26 Å². The van der Waals surface area contributed by atoms with Crippen LogP contribution < -0.4 is 10.6 Å². The average Bonchev–Trinajstić information content (AvgIpc) is 3.21. The number of ether oxygens (including phenoxy) is 1. The normalized spacial score (nSPS) is 21.7. The summed E-state index contributed by atoms with van der Waals surface area (Å²) in [5.41, 5.74) is 11.5. The maximum Gasteiger partial charge on any atom is 0.0992 e. The minimum atomic E-state index is 0.171. The summed E-state index contributed by atoms with van der Waals surface area (Å²) in [7, 11) is 0. The minimum absolute atomic E-state index is 0.171. The van der Waals surface area contributed by atoms with Gasteiger partial charge in [0.05, 0.1) is 30.0 Å². The standard InChI is InChI=1S/C25H28N4OS/c1-17-15-29(23-16-31-25-12-18(14-26)2-4-22(23)25)10-9-28(17)8-6-24-21-5-3-20(27)13-19(21)7-11-30-24/h2-5,12-13,16-17,24H,6-11,15,27H2,1H3/t17-,24+/m1/s1. The van der Waals surface area contributed by atoms with Crippen molar-refractivity contribution in [1.82, 2.24) is 4.90 Å². The summed E-state index contributed by atoms with van der Waals surface area (Å²) in [5.74, 6) is 0. The first kappa shape index (κ1) is 20.3. The predicted octanol–water partition coefficient (Wildman–Crippen LogP) is 4.57. The summed E-state index contributed by atoms with van der Waals surface area (Å²) in [4.78, 5) is 5.09. The summed E-state index contributed by atoms with van der Waals surface area (Å²) in [6.45, 7) is 7.24. The Morgan fingerprint density at radius 1 is 1.23 bits per heavy atom. The van der Waals surface area contributed by atoms with Gasteiger partial charge in [0.1, 0.15) is 0 Å². The molecule has 0 radical (unpaired) electrons. The van der Waals surface area contributed by atoms with Crippen LogP contribution in [0.5, 0.6) is 0 Å². The van der Waals surface area contributed by atoms with Gasteiger partial charge in [-0.3, -0.25) is 4.90 Å². The van der Waals surface area contributed by atoms with E-state index >= 15 is 0 Å². The molecule has 31 heavy (non-hydrogen) atoms. The molecule has 1 fully saturated rings. The number of anilines is 2. The van der Waals surface area contributed by atoms with Crippen LogP contribution in [0.2, 0.25) is 0 Å².